The summed E-state index contributed by atoms with van der Waals surface area (Å²) in [5.41, 5.74) is 1.36. The molecule has 1 aliphatic carbocycles. The normalized spacial score (nSPS) is 32.7. The summed E-state index contributed by atoms with van der Waals surface area (Å²) in [7, 11) is 1.70. The number of fused-ring (bicyclic) bond motifs is 2. The van der Waals surface area contributed by atoms with Crippen LogP contribution in [0.25, 0.3) is 0 Å². The molecular formula is C13H18N2O. The Labute approximate surface area is 96.2 Å². The monoisotopic (exact) mass is 218 g/mol. The van der Waals surface area contributed by atoms with Crippen LogP contribution in [0, 0.1) is 5.92 Å². The molecule has 0 radical (unpaired) electrons. The number of hydrogen-bond acceptors (Lipinski definition) is 3. The predicted octanol–water partition coefficient (Wildman–Crippen LogP) is 1.95. The van der Waals surface area contributed by atoms with Gasteiger partial charge in [-0.3, -0.25) is 4.98 Å². The summed E-state index contributed by atoms with van der Waals surface area (Å²) >= 11 is 0. The quantitative estimate of drug-likeness (QED) is 0.823. The lowest BCUT2D eigenvalue weighted by atomic mass is 9.87. The molecule has 1 aliphatic heterocycles. The smallest absolute Gasteiger partial charge is 0.137 e. The van der Waals surface area contributed by atoms with Crippen LogP contribution in [0.2, 0.25) is 0 Å². The maximum Gasteiger partial charge on any atom is 0.137 e. The molecule has 1 aromatic heterocycles. The molecule has 1 N–H and O–H groups in total. The Hall–Kier alpha value is -1.09. The minimum atomic E-state index is 0.683. The molecule has 1 saturated heterocycles. The van der Waals surface area contributed by atoms with E-state index >= 15 is 0 Å². The van der Waals surface area contributed by atoms with Gasteiger partial charge in [0.15, 0.2) is 0 Å². The van der Waals surface area contributed by atoms with E-state index in [0.29, 0.717) is 5.92 Å². The van der Waals surface area contributed by atoms with Gasteiger partial charge < -0.3 is 10.1 Å². The molecule has 3 atom stereocenters. The molecular weight excluding hydrogens is 200 g/mol. The van der Waals surface area contributed by atoms with Crippen molar-refractivity contribution < 1.29 is 4.74 Å². The van der Waals surface area contributed by atoms with Crippen LogP contribution in [0.1, 0.15) is 30.7 Å². The van der Waals surface area contributed by atoms with Crippen LogP contribution < -0.4 is 10.1 Å². The lowest BCUT2D eigenvalue weighted by Gasteiger charge is -2.22. The number of nitrogens with one attached hydrogen (secondary N) is 1. The van der Waals surface area contributed by atoms with E-state index in [9.17, 15) is 0 Å². The fraction of sp³-hybridized carbons (Fsp3) is 0.615. The third kappa shape index (κ3) is 1.69. The van der Waals surface area contributed by atoms with Gasteiger partial charge in [-0.25, -0.2) is 0 Å². The number of hydrogen-bond donors (Lipinski definition) is 1. The van der Waals surface area contributed by atoms with Crippen molar-refractivity contribution in [2.24, 2.45) is 5.92 Å². The highest BCUT2D eigenvalue weighted by atomic mass is 16.5. The first-order valence-electron chi connectivity index (χ1n) is 6.09. The standard InChI is InChI=1S/C13H18N2O/c1-16-12-5-10(7-14-8-12)13-6-11-4-9(13)2-3-15-11/h5,7-9,11,13,15H,2-4,6H2,1H3. The summed E-state index contributed by atoms with van der Waals surface area (Å²) in [5, 5.41) is 3.59. The van der Waals surface area contributed by atoms with Crippen LogP contribution >= 0.6 is 0 Å². The second kappa shape index (κ2) is 4.06. The molecule has 3 nitrogen and oxygen atoms in total. The molecule has 3 heteroatoms. The number of rotatable bonds is 2. The highest BCUT2D eigenvalue weighted by Crippen LogP contribution is 2.43. The molecule has 2 heterocycles. The van der Waals surface area contributed by atoms with Gasteiger partial charge in [0.2, 0.25) is 0 Å². The van der Waals surface area contributed by atoms with Crippen LogP contribution in [-0.2, 0) is 0 Å². The number of ether oxygens (including phenoxy) is 1. The number of piperidine rings is 1. The van der Waals surface area contributed by atoms with Crippen molar-refractivity contribution in [1.82, 2.24) is 10.3 Å². The first-order chi connectivity index (χ1) is 7.86. The van der Waals surface area contributed by atoms with Crippen molar-refractivity contribution in [3.05, 3.63) is 24.0 Å². The SMILES string of the molecule is COc1cncc(C2CC3CC2CCN3)c1. The Morgan fingerprint density at radius 2 is 2.31 bits per heavy atom. The zero-order chi connectivity index (χ0) is 11.0. The number of pyridine rings is 1. The van der Waals surface area contributed by atoms with Gasteiger partial charge in [0.05, 0.1) is 13.3 Å². The summed E-state index contributed by atoms with van der Waals surface area (Å²) in [6, 6.07) is 2.88. The lowest BCUT2D eigenvalue weighted by molar-refractivity contribution is 0.376. The molecule has 1 saturated carbocycles. The van der Waals surface area contributed by atoms with Gasteiger partial charge in [-0.05, 0) is 49.3 Å². The van der Waals surface area contributed by atoms with Gasteiger partial charge in [-0.15, -0.1) is 0 Å². The fourth-order valence-electron chi connectivity index (χ4n) is 3.24. The Bertz CT molecular complexity index is 380. The molecule has 2 fully saturated rings. The van der Waals surface area contributed by atoms with E-state index < -0.39 is 0 Å². The molecule has 16 heavy (non-hydrogen) atoms. The average molecular weight is 218 g/mol. The zero-order valence-corrected chi connectivity index (χ0v) is 9.65. The Balaban J connectivity index is 1.86. The van der Waals surface area contributed by atoms with Crippen LogP contribution in [-0.4, -0.2) is 24.7 Å². The summed E-state index contributed by atoms with van der Waals surface area (Å²) in [4.78, 5) is 4.27. The number of methoxy groups -OCH3 is 1. The average Bonchev–Trinajstić information content (AvgIpc) is 2.64. The van der Waals surface area contributed by atoms with E-state index in [2.05, 4.69) is 16.4 Å². The van der Waals surface area contributed by atoms with Crippen LogP contribution in [0.4, 0.5) is 0 Å². The predicted molar refractivity (Wildman–Crippen MR) is 62.7 cm³/mol. The van der Waals surface area contributed by atoms with Crippen molar-refractivity contribution in [3.8, 4) is 5.75 Å². The van der Waals surface area contributed by atoms with E-state index in [-0.39, 0.29) is 0 Å². The molecule has 2 bridgehead atoms. The van der Waals surface area contributed by atoms with Gasteiger partial charge in [-0.1, -0.05) is 0 Å². The molecule has 0 spiro atoms. The molecule has 0 amide bonds. The summed E-state index contributed by atoms with van der Waals surface area (Å²) in [5.74, 6) is 2.41. The van der Waals surface area contributed by atoms with Crippen molar-refractivity contribution in [2.45, 2.75) is 31.2 Å². The first kappa shape index (κ1) is 10.1. The van der Waals surface area contributed by atoms with Gasteiger partial charge in [0.25, 0.3) is 0 Å². The highest BCUT2D eigenvalue weighted by Gasteiger charge is 2.37. The molecule has 0 aromatic carbocycles. The van der Waals surface area contributed by atoms with E-state index in [4.69, 9.17) is 4.74 Å². The third-order valence-corrected chi connectivity index (χ3v) is 4.04. The van der Waals surface area contributed by atoms with E-state index in [1.165, 1.54) is 31.4 Å². The molecule has 1 aromatic rings. The minimum Gasteiger partial charge on any atom is -0.495 e. The van der Waals surface area contributed by atoms with Crippen molar-refractivity contribution in [2.75, 3.05) is 13.7 Å². The largest absolute Gasteiger partial charge is 0.495 e. The molecule has 3 unspecified atom stereocenters. The van der Waals surface area contributed by atoms with Gasteiger partial charge in [0.1, 0.15) is 5.75 Å². The van der Waals surface area contributed by atoms with Crippen LogP contribution in [0.5, 0.6) is 5.75 Å². The summed E-state index contributed by atoms with van der Waals surface area (Å²) in [6.45, 7) is 1.18. The highest BCUT2D eigenvalue weighted by molar-refractivity contribution is 5.28. The Kier molecular flexibility index (Phi) is 2.56. The van der Waals surface area contributed by atoms with Crippen LogP contribution in [0.3, 0.4) is 0 Å². The molecule has 86 valence electrons. The minimum absolute atomic E-state index is 0.683. The summed E-state index contributed by atoms with van der Waals surface area (Å²) < 4.78 is 5.25. The van der Waals surface area contributed by atoms with Crippen LogP contribution in [0.15, 0.2) is 18.5 Å². The second-order valence-electron chi connectivity index (χ2n) is 4.94. The summed E-state index contributed by atoms with van der Waals surface area (Å²) in [6.07, 6.45) is 7.69. The third-order valence-electron chi connectivity index (χ3n) is 4.04. The van der Waals surface area contributed by atoms with Gasteiger partial charge >= 0.3 is 0 Å². The van der Waals surface area contributed by atoms with Crippen molar-refractivity contribution in [3.63, 3.8) is 0 Å². The Morgan fingerprint density at radius 1 is 1.38 bits per heavy atom. The number of aromatic nitrogens is 1. The topological polar surface area (TPSA) is 34.1 Å². The molecule has 2 aliphatic rings. The van der Waals surface area contributed by atoms with Crippen molar-refractivity contribution >= 4 is 0 Å². The van der Waals surface area contributed by atoms with Gasteiger partial charge in [0, 0.05) is 12.2 Å². The van der Waals surface area contributed by atoms with E-state index in [0.717, 1.165) is 17.7 Å². The number of nitrogens with zero attached hydrogens (tertiary/aromatic N) is 1. The fourth-order valence-corrected chi connectivity index (χ4v) is 3.24. The maximum absolute atomic E-state index is 5.25. The molecule has 3 rings (SSSR count). The Morgan fingerprint density at radius 3 is 3.12 bits per heavy atom. The second-order valence-corrected chi connectivity index (χ2v) is 4.94. The lowest BCUT2D eigenvalue weighted by Crippen LogP contribution is -2.31. The van der Waals surface area contributed by atoms with Gasteiger partial charge in [-0.2, -0.15) is 0 Å². The zero-order valence-electron chi connectivity index (χ0n) is 9.65. The van der Waals surface area contributed by atoms with Crippen molar-refractivity contribution in [1.29, 1.82) is 0 Å². The maximum atomic E-state index is 5.25. The van der Waals surface area contributed by atoms with E-state index in [1.54, 1.807) is 13.3 Å². The first-order valence-corrected chi connectivity index (χ1v) is 6.09. The van der Waals surface area contributed by atoms with E-state index in [1.807, 2.05) is 6.20 Å².